The van der Waals surface area contributed by atoms with Crippen LogP contribution < -0.4 is 10.3 Å². The van der Waals surface area contributed by atoms with E-state index < -0.39 is 17.7 Å². The van der Waals surface area contributed by atoms with Crippen molar-refractivity contribution in [2.75, 3.05) is 0 Å². The highest BCUT2D eigenvalue weighted by Crippen LogP contribution is 2.25. The molecule has 0 aliphatic carbocycles. The molecule has 3 aromatic rings. The van der Waals surface area contributed by atoms with Gasteiger partial charge in [0.1, 0.15) is 11.8 Å². The van der Waals surface area contributed by atoms with Gasteiger partial charge in [0.25, 0.3) is 5.56 Å². The first-order valence-electron chi connectivity index (χ1n) is 7.29. The van der Waals surface area contributed by atoms with Crippen LogP contribution in [0.2, 0.25) is 0 Å². The molecule has 6 nitrogen and oxygen atoms in total. The van der Waals surface area contributed by atoms with E-state index in [0.717, 1.165) is 12.1 Å². The lowest BCUT2D eigenvalue weighted by molar-refractivity contribution is -0.274. The molecule has 9 heteroatoms. The fourth-order valence-electron chi connectivity index (χ4n) is 2.43. The Bertz CT molecular complexity index is 1040. The first-order chi connectivity index (χ1) is 12.3. The van der Waals surface area contributed by atoms with Crippen LogP contribution in [0.15, 0.2) is 53.7 Å². The van der Waals surface area contributed by atoms with Gasteiger partial charge in [0.05, 0.1) is 11.8 Å². The number of aryl methyl sites for hydroxylation is 1. The molecule has 132 valence electrons. The number of halogens is 3. The molecule has 0 spiro atoms. The third-order valence-corrected chi connectivity index (χ3v) is 3.54. The van der Waals surface area contributed by atoms with E-state index in [-0.39, 0.29) is 5.56 Å². The molecule has 2 aromatic heterocycles. The molecular formula is C17H11F3N4O2. The summed E-state index contributed by atoms with van der Waals surface area (Å²) in [6, 6.07) is 7.99. The summed E-state index contributed by atoms with van der Waals surface area (Å²) in [5, 5.41) is 13.3. The van der Waals surface area contributed by atoms with Gasteiger partial charge < -0.3 is 4.74 Å². The maximum atomic E-state index is 12.3. The van der Waals surface area contributed by atoms with Crippen LogP contribution in [0, 0.1) is 11.3 Å². The fourth-order valence-corrected chi connectivity index (χ4v) is 2.43. The van der Waals surface area contributed by atoms with Gasteiger partial charge in [0.2, 0.25) is 0 Å². The third kappa shape index (κ3) is 3.59. The smallest absolute Gasteiger partial charge is 0.406 e. The van der Waals surface area contributed by atoms with Crippen LogP contribution in [0.25, 0.3) is 16.8 Å². The standard InChI is InChI=1S/C17H11F3N4O2/c1-23-9-12(8-22-23)15-10-24(16(25)6-11(15)7-21)13-2-4-14(5-3-13)26-17(18,19)20/h2-6,8-10H,1H3. The molecule has 0 N–H and O–H groups in total. The van der Waals surface area contributed by atoms with Gasteiger partial charge in [0.15, 0.2) is 0 Å². The van der Waals surface area contributed by atoms with Crippen LogP contribution in [0.3, 0.4) is 0 Å². The van der Waals surface area contributed by atoms with E-state index in [1.165, 1.54) is 29.0 Å². The molecule has 0 aliphatic heterocycles. The predicted molar refractivity (Wildman–Crippen MR) is 85.6 cm³/mol. The van der Waals surface area contributed by atoms with E-state index in [9.17, 15) is 23.2 Å². The van der Waals surface area contributed by atoms with Gasteiger partial charge in [-0.05, 0) is 24.3 Å². The number of hydrogen-bond acceptors (Lipinski definition) is 4. The molecule has 0 aliphatic rings. The summed E-state index contributed by atoms with van der Waals surface area (Å²) in [6.07, 6.45) is -0.103. The Labute approximate surface area is 145 Å². The summed E-state index contributed by atoms with van der Waals surface area (Å²) in [5.74, 6) is -0.393. The van der Waals surface area contributed by atoms with Gasteiger partial charge in [-0.3, -0.25) is 14.0 Å². The Balaban J connectivity index is 2.05. The van der Waals surface area contributed by atoms with Gasteiger partial charge in [-0.2, -0.15) is 10.4 Å². The number of aromatic nitrogens is 3. The molecular weight excluding hydrogens is 349 g/mol. The molecule has 0 saturated carbocycles. The normalized spacial score (nSPS) is 11.2. The maximum absolute atomic E-state index is 12.3. The second-order valence-electron chi connectivity index (χ2n) is 5.37. The highest BCUT2D eigenvalue weighted by Gasteiger charge is 2.31. The van der Waals surface area contributed by atoms with Crippen LogP contribution in [0.1, 0.15) is 5.56 Å². The minimum absolute atomic E-state index is 0.177. The molecule has 0 unspecified atom stereocenters. The summed E-state index contributed by atoms with van der Waals surface area (Å²) >= 11 is 0. The molecule has 0 bridgehead atoms. The number of rotatable bonds is 3. The Hall–Kier alpha value is -3.54. The zero-order valence-corrected chi connectivity index (χ0v) is 13.4. The molecule has 0 saturated heterocycles. The molecule has 26 heavy (non-hydrogen) atoms. The number of hydrogen-bond donors (Lipinski definition) is 0. The maximum Gasteiger partial charge on any atom is 0.573 e. The Morgan fingerprint density at radius 3 is 2.42 bits per heavy atom. The van der Waals surface area contributed by atoms with Gasteiger partial charge in [-0.25, -0.2) is 0 Å². The summed E-state index contributed by atoms with van der Waals surface area (Å²) in [7, 11) is 1.71. The lowest BCUT2D eigenvalue weighted by atomic mass is 10.1. The first-order valence-corrected chi connectivity index (χ1v) is 7.29. The first kappa shape index (κ1) is 17.3. The SMILES string of the molecule is Cn1cc(-c2cn(-c3ccc(OC(F)(F)F)cc3)c(=O)cc2C#N)cn1. The van der Waals surface area contributed by atoms with Crippen molar-refractivity contribution in [3.63, 3.8) is 0 Å². The molecule has 3 rings (SSSR count). The largest absolute Gasteiger partial charge is 0.573 e. The van der Waals surface area contributed by atoms with Crippen molar-refractivity contribution in [2.24, 2.45) is 7.05 Å². The van der Waals surface area contributed by atoms with E-state index in [4.69, 9.17) is 0 Å². The molecule has 0 radical (unpaired) electrons. The lowest BCUT2D eigenvalue weighted by Gasteiger charge is -2.11. The Morgan fingerprint density at radius 2 is 1.88 bits per heavy atom. The van der Waals surface area contributed by atoms with Crippen molar-refractivity contribution in [3.8, 4) is 28.6 Å². The number of ether oxygens (including phenoxy) is 1. The Kier molecular flexibility index (Phi) is 4.26. The van der Waals surface area contributed by atoms with Crippen molar-refractivity contribution in [1.29, 1.82) is 5.26 Å². The van der Waals surface area contributed by atoms with Crippen LogP contribution in [-0.2, 0) is 7.05 Å². The summed E-state index contributed by atoms with van der Waals surface area (Å²) < 4.78 is 43.3. The van der Waals surface area contributed by atoms with Crippen molar-refractivity contribution < 1.29 is 17.9 Å². The van der Waals surface area contributed by atoms with Gasteiger partial charge in [0, 0.05) is 42.3 Å². The molecule has 0 amide bonds. The van der Waals surface area contributed by atoms with Gasteiger partial charge in [-0.15, -0.1) is 13.2 Å². The highest BCUT2D eigenvalue weighted by atomic mass is 19.4. The van der Waals surface area contributed by atoms with Crippen LogP contribution in [-0.4, -0.2) is 20.7 Å². The predicted octanol–water partition coefficient (Wildman–Crippen LogP) is 3.01. The molecule has 2 heterocycles. The van der Waals surface area contributed by atoms with Crippen LogP contribution in [0.5, 0.6) is 5.75 Å². The second-order valence-corrected chi connectivity index (χ2v) is 5.37. The van der Waals surface area contributed by atoms with E-state index in [2.05, 4.69) is 9.84 Å². The number of alkyl halides is 3. The van der Waals surface area contributed by atoms with Crippen LogP contribution >= 0.6 is 0 Å². The third-order valence-electron chi connectivity index (χ3n) is 3.54. The van der Waals surface area contributed by atoms with Crippen molar-refractivity contribution in [3.05, 3.63) is 64.8 Å². The number of pyridine rings is 1. The average Bonchev–Trinajstić information content (AvgIpc) is 3.00. The average molecular weight is 360 g/mol. The minimum atomic E-state index is -4.79. The summed E-state index contributed by atoms with van der Waals surface area (Å²) in [5.41, 5.74) is 1.14. The number of benzene rings is 1. The fraction of sp³-hybridized carbons (Fsp3) is 0.118. The second kappa shape index (κ2) is 6.40. The minimum Gasteiger partial charge on any atom is -0.406 e. The monoisotopic (exact) mass is 360 g/mol. The van der Waals surface area contributed by atoms with E-state index in [0.29, 0.717) is 16.8 Å². The summed E-state index contributed by atoms with van der Waals surface area (Å²) in [6.45, 7) is 0. The van der Waals surface area contributed by atoms with Crippen molar-refractivity contribution >= 4 is 0 Å². The Morgan fingerprint density at radius 1 is 1.19 bits per heavy atom. The zero-order valence-electron chi connectivity index (χ0n) is 13.4. The molecule has 0 atom stereocenters. The summed E-state index contributed by atoms with van der Waals surface area (Å²) in [4.78, 5) is 12.3. The lowest BCUT2D eigenvalue weighted by Crippen LogP contribution is -2.19. The highest BCUT2D eigenvalue weighted by molar-refractivity contribution is 5.68. The number of nitrogens with zero attached hydrogens (tertiary/aromatic N) is 4. The number of nitriles is 1. The van der Waals surface area contributed by atoms with Crippen molar-refractivity contribution in [1.82, 2.24) is 14.3 Å². The van der Waals surface area contributed by atoms with E-state index in [1.807, 2.05) is 6.07 Å². The van der Waals surface area contributed by atoms with E-state index >= 15 is 0 Å². The molecule has 1 aromatic carbocycles. The zero-order chi connectivity index (χ0) is 18.9. The topological polar surface area (TPSA) is 72.8 Å². The van der Waals surface area contributed by atoms with Crippen molar-refractivity contribution in [2.45, 2.75) is 6.36 Å². The van der Waals surface area contributed by atoms with E-state index in [1.54, 1.807) is 24.1 Å². The quantitative estimate of drug-likeness (QED) is 0.720. The van der Waals surface area contributed by atoms with Crippen LogP contribution in [0.4, 0.5) is 13.2 Å². The van der Waals surface area contributed by atoms with Gasteiger partial charge >= 0.3 is 6.36 Å². The molecule has 0 fully saturated rings. The van der Waals surface area contributed by atoms with Gasteiger partial charge in [-0.1, -0.05) is 0 Å².